The van der Waals surface area contributed by atoms with Crippen LogP contribution in [0, 0.1) is 0 Å². The molecule has 2 atom stereocenters. The Morgan fingerprint density at radius 2 is 0.500 bits per heavy atom. The first-order valence-electron chi connectivity index (χ1n) is 22.3. The van der Waals surface area contributed by atoms with Gasteiger partial charge in [-0.1, -0.05) is 91.0 Å². The zero-order valence-corrected chi connectivity index (χ0v) is 39.8. The van der Waals surface area contributed by atoms with Crippen LogP contribution in [0.2, 0.25) is 0 Å². The Hall–Kier alpha value is -7.72. The largest absolute Gasteiger partial charge is 0.514 e. The summed E-state index contributed by atoms with van der Waals surface area (Å²) in [6.45, 7) is 16.9. The van der Waals surface area contributed by atoms with E-state index < -0.39 is 39.8 Å². The molecule has 68 heavy (non-hydrogen) atoms. The number of carbonyl (C=O) groups excluding carboxylic acids is 2. The molecule has 0 aliphatic carbocycles. The van der Waals surface area contributed by atoms with Gasteiger partial charge in [0.2, 0.25) is 0 Å². The van der Waals surface area contributed by atoms with E-state index in [2.05, 4.69) is 39.0 Å². The number of hydrogen-bond acceptors (Lipinski definition) is 10. The van der Waals surface area contributed by atoms with Gasteiger partial charge in [-0.25, -0.2) is 9.59 Å². The summed E-state index contributed by atoms with van der Waals surface area (Å²) in [5.41, 5.74) is 3.22. The lowest BCUT2D eigenvalue weighted by molar-refractivity contribution is 0.0193. The van der Waals surface area contributed by atoms with Gasteiger partial charge in [-0.05, 0) is 185 Å². The zero-order valence-electron chi connectivity index (χ0n) is 39.8. The van der Waals surface area contributed by atoms with Crippen molar-refractivity contribution >= 4 is 12.3 Å². The Morgan fingerprint density at radius 1 is 0.309 bits per heavy atom. The Morgan fingerprint density at radius 3 is 0.691 bits per heavy atom. The summed E-state index contributed by atoms with van der Waals surface area (Å²) < 4.78 is 22.1. The van der Waals surface area contributed by atoms with Gasteiger partial charge in [-0.2, -0.15) is 0 Å². The van der Waals surface area contributed by atoms with Crippen molar-refractivity contribution in [2.45, 2.75) is 89.8 Å². The molecule has 7 rings (SSSR count). The fourth-order valence-electron chi connectivity index (χ4n) is 8.62. The molecular weight excluding hydrogens is 857 g/mol. The minimum absolute atomic E-state index is 0.0953. The van der Waals surface area contributed by atoms with Gasteiger partial charge in [-0.3, -0.25) is 0 Å². The van der Waals surface area contributed by atoms with Gasteiger partial charge in [0.15, 0.2) is 0 Å². The highest BCUT2D eigenvalue weighted by atomic mass is 16.7. The number of phenols is 4. The normalized spacial score (nSPS) is 13.7. The van der Waals surface area contributed by atoms with Gasteiger partial charge in [-0.15, -0.1) is 0 Å². The van der Waals surface area contributed by atoms with Crippen LogP contribution in [0.3, 0.4) is 0 Å². The molecule has 4 N–H and O–H groups in total. The summed E-state index contributed by atoms with van der Waals surface area (Å²) in [6.07, 6.45) is -1.66. The van der Waals surface area contributed by atoms with Gasteiger partial charge in [0.1, 0.15) is 45.7 Å². The fraction of sp³-hybridized carbons (Fsp3) is 0.241. The molecule has 0 aliphatic heterocycles. The molecule has 0 saturated carbocycles. The first-order chi connectivity index (χ1) is 32.0. The van der Waals surface area contributed by atoms with Crippen molar-refractivity contribution in [3.05, 3.63) is 214 Å². The van der Waals surface area contributed by atoms with Crippen LogP contribution in [-0.4, -0.2) is 43.9 Å². The van der Waals surface area contributed by atoms with Crippen LogP contribution in [0.4, 0.5) is 9.59 Å². The summed E-state index contributed by atoms with van der Waals surface area (Å²) >= 11 is 0. The van der Waals surface area contributed by atoms with Gasteiger partial charge in [0, 0.05) is 16.2 Å². The van der Waals surface area contributed by atoms with Crippen molar-refractivity contribution in [1.82, 2.24) is 0 Å². The summed E-state index contributed by atoms with van der Waals surface area (Å²) in [5.74, 6) is 0.979. The first kappa shape index (κ1) is 48.2. The molecule has 350 valence electrons. The van der Waals surface area contributed by atoms with Crippen molar-refractivity contribution in [1.29, 1.82) is 0 Å². The maximum absolute atomic E-state index is 12.7. The molecular formula is C58H58O10. The highest BCUT2D eigenvalue weighted by molar-refractivity contribution is 5.66. The monoisotopic (exact) mass is 914 g/mol. The molecule has 0 radical (unpaired) electrons. The number of aromatic hydroxyl groups is 4. The van der Waals surface area contributed by atoms with Crippen molar-refractivity contribution < 1.29 is 49.0 Å². The maximum Gasteiger partial charge on any atom is 0.514 e. The van der Waals surface area contributed by atoms with E-state index in [-0.39, 0.29) is 34.5 Å². The lowest BCUT2D eigenvalue weighted by atomic mass is 9.63. The lowest BCUT2D eigenvalue weighted by Gasteiger charge is -2.39. The Balaban J connectivity index is 1.53. The van der Waals surface area contributed by atoms with Crippen LogP contribution in [-0.2, 0) is 25.7 Å². The third-order valence-corrected chi connectivity index (χ3v) is 12.5. The fourth-order valence-corrected chi connectivity index (χ4v) is 8.62. The van der Waals surface area contributed by atoms with E-state index in [9.17, 15) is 30.0 Å². The number of rotatable bonds is 11. The molecule has 0 saturated heterocycles. The second-order valence-electron chi connectivity index (χ2n) is 19.5. The van der Waals surface area contributed by atoms with E-state index in [0.717, 1.165) is 50.1 Å². The molecule has 0 spiro atoms. The molecule has 10 nitrogen and oxygen atoms in total. The number of phenolic OH excluding ortho intramolecular Hbond substituents is 4. The van der Waals surface area contributed by atoms with Crippen molar-refractivity contribution in [3.63, 3.8) is 0 Å². The molecule has 0 amide bonds. The average Bonchev–Trinajstić information content (AvgIpc) is 3.28. The second-order valence-corrected chi connectivity index (χ2v) is 19.5. The standard InChI is InChI=1S/C58H58O10/c1-54(2,3)67-52(63)65-50-30-18-41(19-31-50)57(8,39-14-26-48(61)27-15-39)44-34-43(56(7,37-10-22-46(59)23-11-37)38-12-24-47(60)25-13-38)35-45(36-44)58(9,40-16-28-49(62)29-17-40)42-20-32-51(33-21-42)66-53(64)68-55(4,5)6/h10-36,59-62H,1-9H3. The molecule has 0 fully saturated rings. The number of benzene rings is 7. The van der Waals surface area contributed by atoms with E-state index in [0.29, 0.717) is 0 Å². The highest BCUT2D eigenvalue weighted by Gasteiger charge is 2.40. The topological polar surface area (TPSA) is 152 Å². The molecule has 0 bridgehead atoms. The predicted molar refractivity (Wildman–Crippen MR) is 262 cm³/mol. The van der Waals surface area contributed by atoms with E-state index in [1.807, 2.05) is 72.8 Å². The molecule has 0 aromatic heterocycles. The number of carbonyl (C=O) groups is 2. The van der Waals surface area contributed by atoms with E-state index >= 15 is 0 Å². The lowest BCUT2D eigenvalue weighted by Crippen LogP contribution is -2.32. The smallest absolute Gasteiger partial charge is 0.508 e. The van der Waals surface area contributed by atoms with E-state index in [4.69, 9.17) is 18.9 Å². The molecule has 2 unspecified atom stereocenters. The van der Waals surface area contributed by atoms with Crippen LogP contribution >= 0.6 is 0 Å². The SMILES string of the molecule is CC(C)(C)OC(=O)Oc1ccc(C(C)(c2ccc(O)cc2)c2cc(C(C)(c3ccc(O)cc3)c3ccc(O)cc3)cc(C(C)(c3ccc(O)cc3)c3ccc(OC(=O)OC(C)(C)C)cc3)c2)cc1. The van der Waals surface area contributed by atoms with Crippen LogP contribution in [0.25, 0.3) is 0 Å². The van der Waals surface area contributed by atoms with Crippen molar-refractivity contribution in [3.8, 4) is 34.5 Å². The Kier molecular flexibility index (Phi) is 13.1. The summed E-state index contributed by atoms with van der Waals surface area (Å²) in [6, 6.07) is 49.3. The quantitative estimate of drug-likeness (QED) is 0.0560. The molecule has 7 aromatic rings. The minimum Gasteiger partial charge on any atom is -0.508 e. The molecule has 0 aliphatic rings. The van der Waals surface area contributed by atoms with Gasteiger partial charge < -0.3 is 39.4 Å². The van der Waals surface area contributed by atoms with Gasteiger partial charge in [0.25, 0.3) is 0 Å². The summed E-state index contributed by atoms with van der Waals surface area (Å²) in [5, 5.41) is 42.3. The van der Waals surface area contributed by atoms with Crippen LogP contribution in [0.5, 0.6) is 34.5 Å². The van der Waals surface area contributed by atoms with Crippen molar-refractivity contribution in [2.75, 3.05) is 0 Å². The van der Waals surface area contributed by atoms with E-state index in [1.165, 1.54) is 0 Å². The highest BCUT2D eigenvalue weighted by Crippen LogP contribution is 2.49. The minimum atomic E-state index is -0.964. The molecule has 10 heteroatoms. The summed E-state index contributed by atoms with van der Waals surface area (Å²) in [4.78, 5) is 25.5. The zero-order chi connectivity index (χ0) is 49.2. The molecule has 0 heterocycles. The third-order valence-electron chi connectivity index (χ3n) is 12.5. The van der Waals surface area contributed by atoms with Crippen LogP contribution < -0.4 is 9.47 Å². The first-order valence-corrected chi connectivity index (χ1v) is 22.3. The third kappa shape index (κ3) is 10.3. The van der Waals surface area contributed by atoms with Crippen LogP contribution in [0.1, 0.15) is 112 Å². The summed E-state index contributed by atoms with van der Waals surface area (Å²) in [7, 11) is 0. The Bertz CT molecular complexity index is 2680. The maximum atomic E-state index is 12.7. The molecule has 7 aromatic carbocycles. The average molecular weight is 915 g/mol. The predicted octanol–water partition coefficient (Wildman–Crippen LogP) is 13.2. The van der Waals surface area contributed by atoms with Crippen molar-refractivity contribution in [2.24, 2.45) is 0 Å². The Labute approximate surface area is 398 Å². The van der Waals surface area contributed by atoms with Crippen LogP contribution in [0.15, 0.2) is 164 Å². The number of hydrogen-bond donors (Lipinski definition) is 4. The van der Waals surface area contributed by atoms with Gasteiger partial charge >= 0.3 is 12.3 Å². The van der Waals surface area contributed by atoms with Gasteiger partial charge in [0.05, 0.1) is 0 Å². The second kappa shape index (κ2) is 18.5. The van der Waals surface area contributed by atoms with E-state index in [1.54, 1.807) is 114 Å². The number of ether oxygens (including phenoxy) is 4.